The van der Waals surface area contributed by atoms with Crippen LogP contribution in [0.1, 0.15) is 23.1 Å². The van der Waals surface area contributed by atoms with Crippen LogP contribution in [0.4, 0.5) is 10.1 Å². The molecule has 36 heavy (non-hydrogen) atoms. The predicted octanol–water partition coefficient (Wildman–Crippen LogP) is 4.48. The smallest absolute Gasteiger partial charge is 0.269 e. The van der Waals surface area contributed by atoms with Crippen molar-refractivity contribution in [2.24, 2.45) is 0 Å². The molecule has 0 spiro atoms. The van der Waals surface area contributed by atoms with Gasteiger partial charge in [0.2, 0.25) is 5.91 Å². The zero-order chi connectivity index (χ0) is 25.5. The predicted molar refractivity (Wildman–Crippen MR) is 137 cm³/mol. The van der Waals surface area contributed by atoms with E-state index in [2.05, 4.69) is 15.5 Å². The maximum absolute atomic E-state index is 13.2. The van der Waals surface area contributed by atoms with E-state index in [0.717, 1.165) is 16.7 Å². The van der Waals surface area contributed by atoms with Crippen molar-refractivity contribution < 1.29 is 14.1 Å². The Hall–Kier alpha value is -3.33. The second-order valence-electron chi connectivity index (χ2n) is 8.94. The molecule has 0 saturated carbocycles. The zero-order valence-electron chi connectivity index (χ0n) is 19.7. The molecular formula is C27H28ClFN4O3. The van der Waals surface area contributed by atoms with Gasteiger partial charge in [-0.25, -0.2) is 4.39 Å². The van der Waals surface area contributed by atoms with Gasteiger partial charge in [-0.05, 0) is 47.7 Å². The van der Waals surface area contributed by atoms with Gasteiger partial charge in [0, 0.05) is 49.4 Å². The molecule has 4 rings (SSSR count). The number of carbonyl (C=O) groups excluding carboxylic acids is 1. The first-order chi connectivity index (χ1) is 17.4. The Morgan fingerprint density at radius 3 is 2.44 bits per heavy atom. The number of carbonyl (C=O) groups is 1. The van der Waals surface area contributed by atoms with Gasteiger partial charge in [-0.15, -0.1) is 0 Å². The number of benzene rings is 3. The van der Waals surface area contributed by atoms with E-state index in [-0.39, 0.29) is 29.5 Å². The number of amides is 1. The normalized spacial score (nSPS) is 17.7. The van der Waals surface area contributed by atoms with E-state index in [4.69, 9.17) is 11.6 Å². The summed E-state index contributed by atoms with van der Waals surface area (Å²) in [5.74, 6) is -0.328. The molecule has 1 saturated heterocycles. The van der Waals surface area contributed by atoms with Gasteiger partial charge in [0.1, 0.15) is 5.82 Å². The van der Waals surface area contributed by atoms with E-state index in [1.165, 1.54) is 24.3 Å². The molecule has 7 nitrogen and oxygen atoms in total. The average Bonchev–Trinajstić information content (AvgIpc) is 3.28. The summed E-state index contributed by atoms with van der Waals surface area (Å²) in [7, 11) is 0. The summed E-state index contributed by atoms with van der Waals surface area (Å²) >= 11 is 6.39. The third kappa shape index (κ3) is 6.87. The molecule has 2 atom stereocenters. The van der Waals surface area contributed by atoms with Crippen molar-refractivity contribution in [3.63, 3.8) is 0 Å². The van der Waals surface area contributed by atoms with Crippen LogP contribution >= 0.6 is 11.6 Å². The fraction of sp³-hybridized carbons (Fsp3) is 0.296. The molecule has 1 amide bonds. The molecule has 3 aromatic rings. The fourth-order valence-electron chi connectivity index (χ4n) is 4.44. The number of hydrogen-bond donors (Lipinski definition) is 2. The highest BCUT2D eigenvalue weighted by Crippen LogP contribution is 2.25. The Kier molecular flexibility index (Phi) is 8.64. The Labute approximate surface area is 214 Å². The van der Waals surface area contributed by atoms with Gasteiger partial charge in [0.25, 0.3) is 5.69 Å². The lowest BCUT2D eigenvalue weighted by Gasteiger charge is -2.24. The molecule has 9 heteroatoms. The largest absolute Gasteiger partial charge is 0.354 e. The summed E-state index contributed by atoms with van der Waals surface area (Å²) in [4.78, 5) is 25.7. The van der Waals surface area contributed by atoms with Crippen molar-refractivity contribution in [3.8, 4) is 0 Å². The highest BCUT2D eigenvalue weighted by molar-refractivity contribution is 6.31. The minimum absolute atomic E-state index is 0.0446. The molecule has 188 valence electrons. The number of non-ortho nitro benzene ring substituents is 1. The van der Waals surface area contributed by atoms with E-state index in [1.807, 2.05) is 24.3 Å². The topological polar surface area (TPSA) is 87.5 Å². The molecule has 0 radical (unpaired) electrons. The number of hydrogen-bond acceptors (Lipinski definition) is 5. The molecule has 3 aromatic carbocycles. The van der Waals surface area contributed by atoms with Crippen LogP contribution in [-0.4, -0.2) is 40.9 Å². The van der Waals surface area contributed by atoms with Gasteiger partial charge in [-0.2, -0.15) is 0 Å². The van der Waals surface area contributed by atoms with Crippen LogP contribution in [0.2, 0.25) is 5.02 Å². The van der Waals surface area contributed by atoms with Crippen LogP contribution < -0.4 is 10.6 Å². The summed E-state index contributed by atoms with van der Waals surface area (Å²) < 4.78 is 13.2. The number of nitro benzene ring substituents is 1. The first-order valence-corrected chi connectivity index (χ1v) is 12.2. The molecule has 1 fully saturated rings. The zero-order valence-corrected chi connectivity index (χ0v) is 20.5. The lowest BCUT2D eigenvalue weighted by atomic mass is 10.1. The van der Waals surface area contributed by atoms with E-state index >= 15 is 0 Å². The van der Waals surface area contributed by atoms with Gasteiger partial charge in [-0.1, -0.05) is 54.1 Å². The Balaban J connectivity index is 1.37. The van der Waals surface area contributed by atoms with Crippen LogP contribution in [-0.2, 0) is 24.3 Å². The van der Waals surface area contributed by atoms with Crippen molar-refractivity contribution in [1.29, 1.82) is 0 Å². The first kappa shape index (κ1) is 25.8. The van der Waals surface area contributed by atoms with E-state index in [0.29, 0.717) is 44.0 Å². The lowest BCUT2D eigenvalue weighted by molar-refractivity contribution is -0.384. The standard InChI is InChI=1S/C27H28ClFN4O3/c28-25-4-2-1-3-21(25)17-32-18-23(31-16-20-5-9-22(29)10-6-20)15-26(32)27(34)30-14-13-19-7-11-24(12-8-19)33(35)36/h1-12,23,26,31H,13-18H2,(H,30,34)/t23-,26-/m0/s1. The Morgan fingerprint density at radius 2 is 1.75 bits per heavy atom. The number of nitrogens with zero attached hydrogens (tertiary/aromatic N) is 2. The molecule has 0 unspecified atom stereocenters. The van der Waals surface area contributed by atoms with Gasteiger partial charge < -0.3 is 10.6 Å². The number of nitrogens with one attached hydrogen (secondary N) is 2. The van der Waals surface area contributed by atoms with E-state index in [1.54, 1.807) is 24.3 Å². The summed E-state index contributed by atoms with van der Waals surface area (Å²) in [6.07, 6.45) is 1.21. The summed E-state index contributed by atoms with van der Waals surface area (Å²) in [6.45, 7) is 2.24. The number of nitro groups is 1. The second-order valence-corrected chi connectivity index (χ2v) is 9.35. The Morgan fingerprint density at radius 1 is 1.06 bits per heavy atom. The van der Waals surface area contributed by atoms with E-state index < -0.39 is 4.92 Å². The maximum Gasteiger partial charge on any atom is 0.269 e. The molecular weight excluding hydrogens is 483 g/mol. The van der Waals surface area contributed by atoms with Gasteiger partial charge in [0.15, 0.2) is 0 Å². The maximum atomic E-state index is 13.2. The quantitative estimate of drug-likeness (QED) is 0.310. The SMILES string of the molecule is O=C(NCCc1ccc([N+](=O)[O-])cc1)[C@@H]1C[C@H](NCc2ccc(F)cc2)CN1Cc1ccccc1Cl. The molecule has 0 aromatic heterocycles. The minimum atomic E-state index is -0.431. The minimum Gasteiger partial charge on any atom is -0.354 e. The van der Waals surface area contributed by atoms with Crippen LogP contribution in [0.15, 0.2) is 72.8 Å². The number of rotatable bonds is 10. The third-order valence-corrected chi connectivity index (χ3v) is 6.77. The third-order valence-electron chi connectivity index (χ3n) is 6.41. The molecule has 0 aliphatic carbocycles. The number of halogens is 2. The van der Waals surface area contributed by atoms with E-state index in [9.17, 15) is 19.3 Å². The summed E-state index contributed by atoms with van der Waals surface area (Å²) in [5, 5.41) is 18.0. The molecule has 1 heterocycles. The highest BCUT2D eigenvalue weighted by Gasteiger charge is 2.36. The molecule has 2 N–H and O–H groups in total. The van der Waals surface area contributed by atoms with Gasteiger partial charge in [0.05, 0.1) is 11.0 Å². The lowest BCUT2D eigenvalue weighted by Crippen LogP contribution is -2.43. The first-order valence-electron chi connectivity index (χ1n) is 11.9. The summed E-state index contributed by atoms with van der Waals surface area (Å²) in [6, 6.07) is 20.1. The number of likely N-dealkylation sites (tertiary alicyclic amines) is 1. The average molecular weight is 511 g/mol. The highest BCUT2D eigenvalue weighted by atomic mass is 35.5. The van der Waals surface area contributed by atoms with Crippen molar-refractivity contribution in [3.05, 3.63) is 110 Å². The molecule has 1 aliphatic rings. The van der Waals surface area contributed by atoms with Gasteiger partial charge in [-0.3, -0.25) is 19.8 Å². The molecule has 1 aliphatic heterocycles. The van der Waals surface area contributed by atoms with Crippen LogP contribution in [0.25, 0.3) is 0 Å². The molecule has 0 bridgehead atoms. The van der Waals surface area contributed by atoms with Crippen molar-refractivity contribution in [1.82, 2.24) is 15.5 Å². The monoisotopic (exact) mass is 510 g/mol. The second kappa shape index (κ2) is 12.1. The van der Waals surface area contributed by atoms with Crippen LogP contribution in [0, 0.1) is 15.9 Å². The Bertz CT molecular complexity index is 1190. The van der Waals surface area contributed by atoms with Crippen molar-refractivity contribution in [2.45, 2.75) is 38.0 Å². The van der Waals surface area contributed by atoms with Crippen molar-refractivity contribution in [2.75, 3.05) is 13.1 Å². The van der Waals surface area contributed by atoms with Crippen LogP contribution in [0.3, 0.4) is 0 Å². The summed E-state index contributed by atoms with van der Waals surface area (Å²) in [5.41, 5.74) is 2.90. The van der Waals surface area contributed by atoms with Gasteiger partial charge >= 0.3 is 0 Å². The van der Waals surface area contributed by atoms with Crippen molar-refractivity contribution >= 4 is 23.2 Å². The van der Waals surface area contributed by atoms with Crippen LogP contribution in [0.5, 0.6) is 0 Å². The fourth-order valence-corrected chi connectivity index (χ4v) is 4.64.